The zero-order chi connectivity index (χ0) is 6.20. The fourth-order valence-corrected chi connectivity index (χ4v) is 1.89. The molecule has 1 aliphatic carbocycles. The molecule has 0 spiro atoms. The average Bonchev–Trinajstić information content (AvgIpc) is 2.43. The van der Waals surface area contributed by atoms with Crippen LogP contribution in [0.3, 0.4) is 0 Å². The van der Waals surface area contributed by atoms with Gasteiger partial charge in [0.15, 0.2) is 0 Å². The second kappa shape index (κ2) is 1.91. The van der Waals surface area contributed by atoms with Crippen LogP contribution in [-0.2, 0) is 0 Å². The van der Waals surface area contributed by atoms with Gasteiger partial charge < -0.3 is 0 Å². The lowest BCUT2D eigenvalue weighted by Crippen LogP contribution is -2.01. The molecule has 0 aromatic rings. The van der Waals surface area contributed by atoms with Crippen LogP contribution < -0.4 is 0 Å². The Hall–Kier alpha value is 0.290. The van der Waals surface area contributed by atoms with Gasteiger partial charge in [-0.1, -0.05) is 13.8 Å². The summed E-state index contributed by atoms with van der Waals surface area (Å²) in [6, 6.07) is 0. The van der Waals surface area contributed by atoms with E-state index in [0.717, 1.165) is 11.8 Å². The second-order valence-corrected chi connectivity index (χ2v) is 3.22. The predicted molar refractivity (Wildman–Crippen MR) is 37.2 cm³/mol. The Kier molecular flexibility index (Phi) is 1.53. The molecule has 48 valence electrons. The monoisotopic (exact) mass is 132 g/mol. The minimum absolute atomic E-state index is 0.557. The number of hydrogen-bond donors (Lipinski definition) is 0. The maximum atomic E-state index is 5.75. The van der Waals surface area contributed by atoms with Crippen molar-refractivity contribution in [1.82, 2.24) is 0 Å². The van der Waals surface area contributed by atoms with Crippen molar-refractivity contribution in [2.45, 2.75) is 26.7 Å². The molecule has 0 aromatic heterocycles. The normalized spacial score (nSPS) is 44.6. The predicted octanol–water partition coefficient (Wildman–Crippen LogP) is 2.66. The molecule has 0 radical (unpaired) electrons. The van der Waals surface area contributed by atoms with Crippen molar-refractivity contribution in [2.24, 2.45) is 11.3 Å². The van der Waals surface area contributed by atoms with Crippen molar-refractivity contribution in [3.63, 3.8) is 0 Å². The molecule has 0 N–H and O–H groups in total. The third-order valence-corrected chi connectivity index (χ3v) is 3.10. The molecule has 0 aliphatic heterocycles. The Bertz CT molecular complexity index is 78.9. The first-order chi connectivity index (χ1) is 3.75. The molecule has 1 saturated carbocycles. The first kappa shape index (κ1) is 6.41. The molecular formula is C7H13Cl. The van der Waals surface area contributed by atoms with Crippen molar-refractivity contribution in [3.05, 3.63) is 0 Å². The first-order valence-corrected chi connectivity index (χ1v) is 3.84. The van der Waals surface area contributed by atoms with Crippen LogP contribution in [0, 0.1) is 11.3 Å². The van der Waals surface area contributed by atoms with Crippen LogP contribution in [-0.4, -0.2) is 5.88 Å². The third-order valence-electron chi connectivity index (χ3n) is 2.57. The van der Waals surface area contributed by atoms with Gasteiger partial charge in [-0.15, -0.1) is 11.6 Å². The number of halogens is 1. The Morgan fingerprint density at radius 1 is 1.75 bits per heavy atom. The Labute approximate surface area is 56.2 Å². The first-order valence-electron chi connectivity index (χ1n) is 3.31. The average molecular weight is 133 g/mol. The van der Waals surface area contributed by atoms with E-state index in [9.17, 15) is 0 Å². The minimum atomic E-state index is 0.557. The lowest BCUT2D eigenvalue weighted by Gasteiger charge is -2.06. The molecule has 2 atom stereocenters. The van der Waals surface area contributed by atoms with Gasteiger partial charge >= 0.3 is 0 Å². The zero-order valence-electron chi connectivity index (χ0n) is 5.58. The van der Waals surface area contributed by atoms with Crippen LogP contribution in [0.25, 0.3) is 0 Å². The molecule has 8 heavy (non-hydrogen) atoms. The summed E-state index contributed by atoms with van der Waals surface area (Å²) in [5.74, 6) is 1.76. The summed E-state index contributed by atoms with van der Waals surface area (Å²) in [5, 5.41) is 0. The number of hydrogen-bond acceptors (Lipinski definition) is 0. The fourth-order valence-electron chi connectivity index (χ4n) is 1.32. The minimum Gasteiger partial charge on any atom is -0.126 e. The van der Waals surface area contributed by atoms with Gasteiger partial charge in [-0.05, 0) is 24.2 Å². The van der Waals surface area contributed by atoms with Crippen LogP contribution in [0.4, 0.5) is 0 Å². The molecule has 1 rings (SSSR count). The van der Waals surface area contributed by atoms with Crippen LogP contribution in [0.1, 0.15) is 26.7 Å². The SMILES string of the molecule is CCC1(CCl)CC1C. The fraction of sp³-hybridized carbons (Fsp3) is 1.00. The largest absolute Gasteiger partial charge is 0.126 e. The third kappa shape index (κ3) is 0.753. The summed E-state index contributed by atoms with van der Waals surface area (Å²) in [7, 11) is 0. The molecule has 1 fully saturated rings. The summed E-state index contributed by atoms with van der Waals surface area (Å²) in [5.41, 5.74) is 0.557. The summed E-state index contributed by atoms with van der Waals surface area (Å²) >= 11 is 5.75. The molecule has 0 saturated heterocycles. The van der Waals surface area contributed by atoms with Gasteiger partial charge in [0.25, 0.3) is 0 Å². The molecule has 0 bridgehead atoms. The Morgan fingerprint density at radius 2 is 2.25 bits per heavy atom. The van der Waals surface area contributed by atoms with Gasteiger partial charge in [-0.2, -0.15) is 0 Å². The van der Waals surface area contributed by atoms with E-state index in [4.69, 9.17) is 11.6 Å². The molecule has 0 nitrogen and oxygen atoms in total. The smallest absolute Gasteiger partial charge is 0.0282 e. The highest BCUT2D eigenvalue weighted by Crippen LogP contribution is 2.55. The zero-order valence-corrected chi connectivity index (χ0v) is 6.33. The highest BCUT2D eigenvalue weighted by atomic mass is 35.5. The Balaban J connectivity index is 2.39. The van der Waals surface area contributed by atoms with E-state index in [2.05, 4.69) is 13.8 Å². The summed E-state index contributed by atoms with van der Waals surface area (Å²) in [4.78, 5) is 0. The lowest BCUT2D eigenvalue weighted by atomic mass is 10.0. The molecular weight excluding hydrogens is 120 g/mol. The van der Waals surface area contributed by atoms with E-state index < -0.39 is 0 Å². The summed E-state index contributed by atoms with van der Waals surface area (Å²) < 4.78 is 0. The highest BCUT2D eigenvalue weighted by Gasteiger charge is 2.48. The van der Waals surface area contributed by atoms with Crippen LogP contribution in [0.2, 0.25) is 0 Å². The number of rotatable bonds is 2. The van der Waals surface area contributed by atoms with E-state index in [1.807, 2.05) is 0 Å². The van der Waals surface area contributed by atoms with Crippen LogP contribution in [0.15, 0.2) is 0 Å². The maximum absolute atomic E-state index is 5.75. The molecule has 1 aliphatic rings. The summed E-state index contributed by atoms with van der Waals surface area (Å²) in [6.07, 6.45) is 2.62. The van der Waals surface area contributed by atoms with E-state index in [-0.39, 0.29) is 0 Å². The van der Waals surface area contributed by atoms with Crippen LogP contribution in [0.5, 0.6) is 0 Å². The van der Waals surface area contributed by atoms with Crippen molar-refractivity contribution in [2.75, 3.05) is 5.88 Å². The van der Waals surface area contributed by atoms with Gasteiger partial charge in [-0.25, -0.2) is 0 Å². The molecule has 0 aromatic carbocycles. The van der Waals surface area contributed by atoms with Gasteiger partial charge in [-0.3, -0.25) is 0 Å². The molecule has 0 heterocycles. The topological polar surface area (TPSA) is 0 Å². The maximum Gasteiger partial charge on any atom is 0.0282 e. The van der Waals surface area contributed by atoms with Gasteiger partial charge in [0.1, 0.15) is 0 Å². The van der Waals surface area contributed by atoms with Gasteiger partial charge in [0.2, 0.25) is 0 Å². The van der Waals surface area contributed by atoms with Crippen molar-refractivity contribution in [3.8, 4) is 0 Å². The lowest BCUT2D eigenvalue weighted by molar-refractivity contribution is 0.508. The van der Waals surface area contributed by atoms with E-state index >= 15 is 0 Å². The second-order valence-electron chi connectivity index (χ2n) is 2.95. The van der Waals surface area contributed by atoms with E-state index in [0.29, 0.717) is 5.41 Å². The van der Waals surface area contributed by atoms with Gasteiger partial charge in [0.05, 0.1) is 0 Å². The standard InChI is InChI=1S/C7H13Cl/c1-3-7(5-8)4-6(7)2/h6H,3-5H2,1-2H3. The van der Waals surface area contributed by atoms with E-state index in [1.54, 1.807) is 0 Å². The van der Waals surface area contributed by atoms with E-state index in [1.165, 1.54) is 12.8 Å². The van der Waals surface area contributed by atoms with Gasteiger partial charge in [0, 0.05) is 5.88 Å². The van der Waals surface area contributed by atoms with Crippen molar-refractivity contribution >= 4 is 11.6 Å². The van der Waals surface area contributed by atoms with Crippen LogP contribution >= 0.6 is 11.6 Å². The summed E-state index contributed by atoms with van der Waals surface area (Å²) in [6.45, 7) is 4.51. The number of alkyl halides is 1. The molecule has 2 unspecified atom stereocenters. The quantitative estimate of drug-likeness (QED) is 0.507. The Morgan fingerprint density at radius 3 is 2.25 bits per heavy atom. The molecule has 0 amide bonds. The highest BCUT2D eigenvalue weighted by molar-refractivity contribution is 6.18. The van der Waals surface area contributed by atoms with Crippen molar-refractivity contribution in [1.29, 1.82) is 0 Å². The van der Waals surface area contributed by atoms with Crippen molar-refractivity contribution < 1.29 is 0 Å². The molecule has 1 heteroatoms.